The summed E-state index contributed by atoms with van der Waals surface area (Å²) in [6.07, 6.45) is 0. The van der Waals surface area contributed by atoms with Gasteiger partial charge in [-0.1, -0.05) is 41.4 Å². The Kier molecular flexibility index (Phi) is 6.48. The van der Waals surface area contributed by atoms with Crippen LogP contribution in [0.3, 0.4) is 0 Å². The summed E-state index contributed by atoms with van der Waals surface area (Å²) in [6, 6.07) is 18.9. The van der Waals surface area contributed by atoms with Crippen LogP contribution in [0.5, 0.6) is 0 Å². The maximum absolute atomic E-state index is 12.8. The summed E-state index contributed by atoms with van der Waals surface area (Å²) in [6.45, 7) is 4.10. The van der Waals surface area contributed by atoms with Crippen molar-refractivity contribution in [1.82, 2.24) is 4.90 Å². The predicted molar refractivity (Wildman–Crippen MR) is 120 cm³/mol. The number of sulfonamides is 1. The molecule has 0 aliphatic carbocycles. The molecular weight excluding hydrogens is 420 g/mol. The second kappa shape index (κ2) is 8.90. The van der Waals surface area contributed by atoms with E-state index in [1.54, 1.807) is 73.5 Å². The maximum Gasteiger partial charge on any atom is 0.261 e. The van der Waals surface area contributed by atoms with Crippen molar-refractivity contribution >= 4 is 33.2 Å². The number of rotatable bonds is 6. The lowest BCUT2D eigenvalue weighted by Gasteiger charge is -2.18. The standard InChI is InChI=1S/C23H23ClN2O3S/c1-16-4-11-21(12-5-16)30(28,29)25-22-13-8-19(14-17(22)2)23(27)26(3)15-18-6-9-20(24)10-7-18/h4-14,25H,15H2,1-3H3. The van der Waals surface area contributed by atoms with Gasteiger partial charge in [-0.2, -0.15) is 0 Å². The van der Waals surface area contributed by atoms with Crippen molar-refractivity contribution in [3.8, 4) is 0 Å². The van der Waals surface area contributed by atoms with Gasteiger partial charge in [0.1, 0.15) is 0 Å². The van der Waals surface area contributed by atoms with Gasteiger partial charge >= 0.3 is 0 Å². The van der Waals surface area contributed by atoms with E-state index in [4.69, 9.17) is 11.6 Å². The molecule has 0 aliphatic rings. The van der Waals surface area contributed by atoms with Crippen LogP contribution < -0.4 is 4.72 Å². The molecule has 0 unspecified atom stereocenters. The summed E-state index contributed by atoms with van der Waals surface area (Å²) in [5.41, 5.74) is 3.54. The Morgan fingerprint density at radius 2 is 1.60 bits per heavy atom. The largest absolute Gasteiger partial charge is 0.337 e. The van der Waals surface area contributed by atoms with E-state index in [1.165, 1.54) is 0 Å². The molecule has 0 radical (unpaired) electrons. The number of aryl methyl sites for hydroxylation is 2. The second-order valence-electron chi connectivity index (χ2n) is 7.24. The number of halogens is 1. The van der Waals surface area contributed by atoms with Gasteiger partial charge in [0, 0.05) is 24.2 Å². The molecule has 5 nitrogen and oxygen atoms in total. The van der Waals surface area contributed by atoms with E-state index in [9.17, 15) is 13.2 Å². The lowest BCUT2D eigenvalue weighted by molar-refractivity contribution is 0.0785. The molecule has 0 spiro atoms. The fourth-order valence-corrected chi connectivity index (χ4v) is 4.24. The van der Waals surface area contributed by atoms with E-state index < -0.39 is 10.0 Å². The number of carbonyl (C=O) groups excluding carboxylic acids is 1. The predicted octanol–water partition coefficient (Wildman–Crippen LogP) is 5.03. The minimum absolute atomic E-state index is 0.152. The Morgan fingerprint density at radius 1 is 0.967 bits per heavy atom. The second-order valence-corrected chi connectivity index (χ2v) is 9.35. The zero-order valence-corrected chi connectivity index (χ0v) is 18.6. The summed E-state index contributed by atoms with van der Waals surface area (Å²) >= 11 is 5.90. The van der Waals surface area contributed by atoms with Gasteiger partial charge in [0.25, 0.3) is 15.9 Å². The van der Waals surface area contributed by atoms with Crippen LogP contribution in [0.2, 0.25) is 5.02 Å². The number of nitrogens with zero attached hydrogens (tertiary/aromatic N) is 1. The van der Waals surface area contributed by atoms with E-state index in [0.29, 0.717) is 28.4 Å². The number of benzene rings is 3. The van der Waals surface area contributed by atoms with Crippen molar-refractivity contribution in [3.63, 3.8) is 0 Å². The molecule has 0 bridgehead atoms. The molecule has 30 heavy (non-hydrogen) atoms. The number of hydrogen-bond donors (Lipinski definition) is 1. The van der Waals surface area contributed by atoms with Crippen molar-refractivity contribution in [1.29, 1.82) is 0 Å². The van der Waals surface area contributed by atoms with Crippen LogP contribution >= 0.6 is 11.6 Å². The molecule has 1 amide bonds. The van der Waals surface area contributed by atoms with Crippen LogP contribution in [0.15, 0.2) is 71.6 Å². The van der Waals surface area contributed by atoms with Crippen LogP contribution in [-0.4, -0.2) is 26.3 Å². The number of hydrogen-bond acceptors (Lipinski definition) is 3. The van der Waals surface area contributed by atoms with Crippen molar-refractivity contribution in [2.75, 3.05) is 11.8 Å². The Bertz CT molecular complexity index is 1160. The number of amides is 1. The normalized spacial score (nSPS) is 11.2. The van der Waals surface area contributed by atoms with Gasteiger partial charge < -0.3 is 4.90 Å². The van der Waals surface area contributed by atoms with Gasteiger partial charge in [0.05, 0.1) is 10.6 Å². The molecule has 0 aromatic heterocycles. The zero-order valence-electron chi connectivity index (χ0n) is 17.0. The number of nitrogens with one attached hydrogen (secondary N) is 1. The highest BCUT2D eigenvalue weighted by molar-refractivity contribution is 7.92. The fourth-order valence-electron chi connectivity index (χ4n) is 2.99. The van der Waals surface area contributed by atoms with Gasteiger partial charge in [-0.05, 0) is 67.4 Å². The molecule has 3 rings (SSSR count). The molecule has 0 saturated carbocycles. The first-order valence-electron chi connectivity index (χ1n) is 9.36. The van der Waals surface area contributed by atoms with E-state index in [-0.39, 0.29) is 10.8 Å². The minimum atomic E-state index is -3.70. The fraction of sp³-hybridized carbons (Fsp3) is 0.174. The average molecular weight is 443 g/mol. The molecule has 0 fully saturated rings. The molecule has 3 aromatic carbocycles. The Labute approximate surface area is 182 Å². The Hall–Kier alpha value is -2.83. The summed E-state index contributed by atoms with van der Waals surface area (Å²) < 4.78 is 27.8. The van der Waals surface area contributed by atoms with Gasteiger partial charge in [-0.15, -0.1) is 0 Å². The first kappa shape index (κ1) is 21.9. The van der Waals surface area contributed by atoms with Crippen molar-refractivity contribution < 1.29 is 13.2 Å². The zero-order chi connectivity index (χ0) is 21.9. The van der Waals surface area contributed by atoms with Crippen molar-refractivity contribution in [2.24, 2.45) is 0 Å². The third kappa shape index (κ3) is 5.20. The van der Waals surface area contributed by atoms with Crippen LogP contribution in [-0.2, 0) is 16.6 Å². The Morgan fingerprint density at radius 3 is 2.20 bits per heavy atom. The van der Waals surface area contributed by atoms with Crippen LogP contribution in [0.25, 0.3) is 0 Å². The number of anilines is 1. The van der Waals surface area contributed by atoms with Gasteiger partial charge in [0.15, 0.2) is 0 Å². The van der Waals surface area contributed by atoms with E-state index in [0.717, 1.165) is 11.1 Å². The molecule has 0 aliphatic heterocycles. The number of carbonyl (C=O) groups is 1. The van der Waals surface area contributed by atoms with Crippen LogP contribution in [0.4, 0.5) is 5.69 Å². The lowest BCUT2D eigenvalue weighted by atomic mass is 10.1. The van der Waals surface area contributed by atoms with Crippen LogP contribution in [0.1, 0.15) is 27.0 Å². The van der Waals surface area contributed by atoms with E-state index >= 15 is 0 Å². The third-order valence-electron chi connectivity index (χ3n) is 4.73. The van der Waals surface area contributed by atoms with E-state index in [2.05, 4.69) is 4.72 Å². The Balaban J connectivity index is 1.74. The highest BCUT2D eigenvalue weighted by atomic mass is 35.5. The molecule has 3 aromatic rings. The van der Waals surface area contributed by atoms with Crippen molar-refractivity contribution in [3.05, 3.63) is 94.0 Å². The van der Waals surface area contributed by atoms with Gasteiger partial charge in [-0.25, -0.2) is 8.42 Å². The first-order chi connectivity index (χ1) is 14.2. The molecule has 156 valence electrons. The molecule has 0 heterocycles. The average Bonchev–Trinajstić information content (AvgIpc) is 2.71. The van der Waals surface area contributed by atoms with Gasteiger partial charge in [0.2, 0.25) is 0 Å². The SMILES string of the molecule is Cc1ccc(S(=O)(=O)Nc2ccc(C(=O)N(C)Cc3ccc(Cl)cc3)cc2C)cc1. The molecule has 0 saturated heterocycles. The summed E-state index contributed by atoms with van der Waals surface area (Å²) in [5.74, 6) is -0.152. The molecule has 7 heteroatoms. The van der Waals surface area contributed by atoms with Crippen LogP contribution in [0, 0.1) is 13.8 Å². The highest BCUT2D eigenvalue weighted by Crippen LogP contribution is 2.22. The topological polar surface area (TPSA) is 66.5 Å². The smallest absolute Gasteiger partial charge is 0.261 e. The molecular formula is C23H23ClN2O3S. The first-order valence-corrected chi connectivity index (χ1v) is 11.2. The molecule has 1 N–H and O–H groups in total. The quantitative estimate of drug-likeness (QED) is 0.582. The lowest BCUT2D eigenvalue weighted by Crippen LogP contribution is -2.26. The summed E-state index contributed by atoms with van der Waals surface area (Å²) in [7, 11) is -1.98. The minimum Gasteiger partial charge on any atom is -0.337 e. The monoisotopic (exact) mass is 442 g/mol. The maximum atomic E-state index is 12.8. The van der Waals surface area contributed by atoms with E-state index in [1.807, 2.05) is 19.1 Å². The molecule has 0 atom stereocenters. The van der Waals surface area contributed by atoms with Crippen molar-refractivity contribution in [2.45, 2.75) is 25.3 Å². The highest BCUT2D eigenvalue weighted by Gasteiger charge is 2.17. The van der Waals surface area contributed by atoms with Gasteiger partial charge in [-0.3, -0.25) is 9.52 Å². The summed E-state index contributed by atoms with van der Waals surface area (Å²) in [4.78, 5) is 14.6. The third-order valence-corrected chi connectivity index (χ3v) is 6.36. The summed E-state index contributed by atoms with van der Waals surface area (Å²) in [5, 5.41) is 0.645.